The number of rotatable bonds is 0. The molecule has 0 spiro atoms. The number of anilines is 1. The molecule has 0 fully saturated rings. The third-order valence-corrected chi connectivity index (χ3v) is 3.58. The van der Waals surface area contributed by atoms with Gasteiger partial charge in [-0.05, 0) is 37.0 Å². The van der Waals surface area contributed by atoms with Gasteiger partial charge in [-0.25, -0.2) is 0 Å². The van der Waals surface area contributed by atoms with Gasteiger partial charge in [-0.2, -0.15) is 0 Å². The van der Waals surface area contributed by atoms with Crippen LogP contribution in [0.15, 0.2) is 18.2 Å². The lowest BCUT2D eigenvalue weighted by molar-refractivity contribution is 0.0962. The minimum absolute atomic E-state index is 0.0807. The number of aryl methyl sites for hydroxylation is 1. The fraction of sp³-hybridized carbons (Fsp3) is 0.333. The van der Waals surface area contributed by atoms with Crippen LogP contribution in [0, 0.1) is 0 Å². The summed E-state index contributed by atoms with van der Waals surface area (Å²) in [7, 11) is 0. The van der Waals surface area contributed by atoms with Crippen LogP contribution >= 0.6 is 0 Å². The standard InChI is InChI=1S/C13H11N3O.C2H6/c17-13-8-4-2-6-10-11(8)12(15-16-13)7-3-1-5-9(7)14-10;1-2/h2,4,6,15H,1,3,5H2,(H,16,17);1-2H3. The Kier molecular flexibility index (Phi) is 2.85. The van der Waals surface area contributed by atoms with Gasteiger partial charge in [0.25, 0.3) is 5.91 Å². The number of hydrogen-bond acceptors (Lipinski definition) is 3. The Bertz CT molecular complexity index is 664. The fourth-order valence-electron chi connectivity index (χ4n) is 2.83. The van der Waals surface area contributed by atoms with Crippen LogP contribution in [0.4, 0.5) is 5.69 Å². The first-order valence-electron chi connectivity index (χ1n) is 6.85. The van der Waals surface area contributed by atoms with Gasteiger partial charge in [0.1, 0.15) is 0 Å². The quantitative estimate of drug-likeness (QED) is 0.761. The van der Waals surface area contributed by atoms with E-state index in [1.54, 1.807) is 0 Å². The smallest absolute Gasteiger partial charge is 0.270 e. The molecule has 0 bridgehead atoms. The first-order valence-corrected chi connectivity index (χ1v) is 6.85. The first kappa shape index (κ1) is 12.0. The van der Waals surface area contributed by atoms with Crippen molar-refractivity contribution in [1.29, 1.82) is 0 Å². The van der Waals surface area contributed by atoms with Gasteiger partial charge in [-0.1, -0.05) is 19.9 Å². The Morgan fingerprint density at radius 2 is 2.00 bits per heavy atom. The normalized spacial score (nSPS) is 15.2. The molecule has 0 atom stereocenters. The molecule has 0 radical (unpaired) electrons. The van der Waals surface area contributed by atoms with Crippen LogP contribution in [0.2, 0.25) is 0 Å². The highest BCUT2D eigenvalue weighted by Crippen LogP contribution is 2.36. The van der Waals surface area contributed by atoms with E-state index in [-0.39, 0.29) is 5.91 Å². The summed E-state index contributed by atoms with van der Waals surface area (Å²) in [5, 5.41) is 0.969. The summed E-state index contributed by atoms with van der Waals surface area (Å²) < 4.78 is 0. The molecule has 4 heteroatoms. The molecule has 2 heterocycles. The van der Waals surface area contributed by atoms with E-state index in [0.29, 0.717) is 0 Å². The number of nitrogens with zero attached hydrogens (tertiary/aromatic N) is 1. The summed E-state index contributed by atoms with van der Waals surface area (Å²) in [6.45, 7) is 4.00. The lowest BCUT2D eigenvalue weighted by Crippen LogP contribution is -2.34. The maximum Gasteiger partial charge on any atom is 0.270 e. The monoisotopic (exact) mass is 255 g/mol. The van der Waals surface area contributed by atoms with Crippen molar-refractivity contribution in [2.45, 2.75) is 33.1 Å². The highest BCUT2D eigenvalue weighted by molar-refractivity contribution is 6.14. The average molecular weight is 255 g/mol. The number of pyridine rings is 1. The topological polar surface area (TPSA) is 54.0 Å². The van der Waals surface area contributed by atoms with Crippen molar-refractivity contribution in [3.05, 3.63) is 35.0 Å². The second-order valence-electron chi connectivity index (χ2n) is 4.54. The van der Waals surface area contributed by atoms with Gasteiger partial charge in [0.15, 0.2) is 0 Å². The minimum atomic E-state index is -0.0807. The molecule has 2 N–H and O–H groups in total. The van der Waals surface area contributed by atoms with E-state index >= 15 is 0 Å². The van der Waals surface area contributed by atoms with E-state index in [2.05, 4.69) is 15.8 Å². The summed E-state index contributed by atoms with van der Waals surface area (Å²) in [6, 6.07) is 5.72. The summed E-state index contributed by atoms with van der Waals surface area (Å²) in [5.41, 5.74) is 10.9. The number of amides is 1. The van der Waals surface area contributed by atoms with E-state index in [9.17, 15) is 4.79 Å². The van der Waals surface area contributed by atoms with Crippen molar-refractivity contribution in [2.75, 3.05) is 5.43 Å². The predicted molar refractivity (Wildman–Crippen MR) is 76.2 cm³/mol. The highest BCUT2D eigenvalue weighted by Gasteiger charge is 2.25. The largest absolute Gasteiger partial charge is 0.297 e. The average Bonchev–Trinajstić information content (AvgIpc) is 2.92. The van der Waals surface area contributed by atoms with E-state index in [4.69, 9.17) is 0 Å². The van der Waals surface area contributed by atoms with Gasteiger partial charge < -0.3 is 0 Å². The Morgan fingerprint density at radius 3 is 2.84 bits per heavy atom. The number of nitrogens with one attached hydrogen (secondary N) is 2. The summed E-state index contributed by atoms with van der Waals surface area (Å²) >= 11 is 0. The number of carbonyl (C=O) groups is 1. The second kappa shape index (κ2) is 4.53. The Morgan fingerprint density at radius 1 is 1.16 bits per heavy atom. The lowest BCUT2D eigenvalue weighted by atomic mass is 10.0. The number of fused-ring (bicyclic) bond motifs is 2. The predicted octanol–water partition coefficient (Wildman–Crippen LogP) is 2.82. The van der Waals surface area contributed by atoms with Crippen molar-refractivity contribution in [1.82, 2.24) is 10.4 Å². The van der Waals surface area contributed by atoms with Crippen molar-refractivity contribution < 1.29 is 4.79 Å². The number of hydrogen-bond donors (Lipinski definition) is 2. The molecular formula is C15H17N3O. The maximum atomic E-state index is 11.8. The Hall–Kier alpha value is -2.10. The van der Waals surface area contributed by atoms with Gasteiger partial charge in [0, 0.05) is 11.1 Å². The van der Waals surface area contributed by atoms with Crippen LogP contribution in [-0.4, -0.2) is 10.9 Å². The van der Waals surface area contributed by atoms with Gasteiger partial charge >= 0.3 is 0 Å². The van der Waals surface area contributed by atoms with Crippen LogP contribution < -0.4 is 10.9 Å². The number of benzene rings is 1. The molecule has 2 aromatic rings. The maximum absolute atomic E-state index is 11.8. The number of carbonyl (C=O) groups excluding carboxylic acids is 1. The zero-order chi connectivity index (χ0) is 13.4. The van der Waals surface area contributed by atoms with E-state index in [1.807, 2.05) is 32.0 Å². The van der Waals surface area contributed by atoms with Gasteiger partial charge in [0.2, 0.25) is 0 Å². The van der Waals surface area contributed by atoms with Crippen LogP contribution in [0.5, 0.6) is 0 Å². The SMILES string of the molecule is CC.O=C1NNc2c3c(nc4cccc1c24)CCC3. The van der Waals surface area contributed by atoms with E-state index < -0.39 is 0 Å². The third kappa shape index (κ3) is 1.67. The minimum Gasteiger partial charge on any atom is -0.297 e. The molecule has 4 rings (SSSR count). The zero-order valence-corrected chi connectivity index (χ0v) is 11.2. The molecule has 4 nitrogen and oxygen atoms in total. The van der Waals surface area contributed by atoms with E-state index in [1.165, 1.54) is 11.3 Å². The van der Waals surface area contributed by atoms with Gasteiger partial charge in [-0.15, -0.1) is 0 Å². The van der Waals surface area contributed by atoms with Crippen molar-refractivity contribution in [3.63, 3.8) is 0 Å². The van der Waals surface area contributed by atoms with E-state index in [0.717, 1.165) is 41.4 Å². The molecule has 0 saturated heterocycles. The molecule has 0 unspecified atom stereocenters. The zero-order valence-electron chi connectivity index (χ0n) is 11.2. The van der Waals surface area contributed by atoms with Crippen molar-refractivity contribution >= 4 is 22.5 Å². The van der Waals surface area contributed by atoms with Gasteiger partial charge in [0.05, 0.1) is 16.8 Å². The number of hydrazine groups is 1. The lowest BCUT2D eigenvalue weighted by Gasteiger charge is -2.21. The molecule has 1 aliphatic carbocycles. The van der Waals surface area contributed by atoms with Crippen molar-refractivity contribution in [2.24, 2.45) is 0 Å². The number of aromatic nitrogens is 1. The molecule has 1 aliphatic heterocycles. The van der Waals surface area contributed by atoms with Crippen LogP contribution in [0.1, 0.15) is 41.9 Å². The van der Waals surface area contributed by atoms with Crippen molar-refractivity contribution in [3.8, 4) is 0 Å². The fourth-order valence-corrected chi connectivity index (χ4v) is 2.83. The summed E-state index contributed by atoms with van der Waals surface area (Å²) in [4.78, 5) is 16.4. The molecular weight excluding hydrogens is 238 g/mol. The molecule has 98 valence electrons. The van der Waals surface area contributed by atoms with Gasteiger partial charge in [-0.3, -0.25) is 20.6 Å². The second-order valence-corrected chi connectivity index (χ2v) is 4.54. The van der Waals surface area contributed by atoms with Crippen LogP contribution in [0.25, 0.3) is 10.9 Å². The molecule has 2 aliphatic rings. The molecule has 1 aromatic carbocycles. The Labute approximate surface area is 112 Å². The first-order chi connectivity index (χ1) is 9.34. The third-order valence-electron chi connectivity index (χ3n) is 3.58. The highest BCUT2D eigenvalue weighted by atomic mass is 16.2. The van der Waals surface area contributed by atoms with Crippen LogP contribution in [-0.2, 0) is 12.8 Å². The summed E-state index contributed by atoms with van der Waals surface area (Å²) in [5.74, 6) is -0.0807. The molecule has 0 saturated carbocycles. The molecule has 1 amide bonds. The Balaban J connectivity index is 0.000000528. The molecule has 19 heavy (non-hydrogen) atoms. The molecule has 1 aromatic heterocycles. The van der Waals surface area contributed by atoms with Crippen LogP contribution in [0.3, 0.4) is 0 Å². The summed E-state index contributed by atoms with van der Waals surface area (Å²) in [6.07, 6.45) is 3.24.